The van der Waals surface area contributed by atoms with Gasteiger partial charge in [0.15, 0.2) is 5.82 Å². The number of carbonyl (C=O) groups is 1. The first-order valence-electron chi connectivity index (χ1n) is 22.8. The molecule has 2 unspecified atom stereocenters. The van der Waals surface area contributed by atoms with E-state index in [1.807, 2.05) is 0 Å². The Hall–Kier alpha value is -6.12. The Bertz CT molecular complexity index is 2630. The predicted octanol–water partition coefficient (Wildman–Crippen LogP) is 8.78. The number of morpholine rings is 1. The summed E-state index contributed by atoms with van der Waals surface area (Å²) in [6, 6.07) is 14.7. The largest absolute Gasteiger partial charge is 0.497 e. The molecular formula is C50H57F6N7O7. The van der Waals surface area contributed by atoms with E-state index in [1.165, 1.54) is 39.2 Å². The van der Waals surface area contributed by atoms with E-state index in [-0.39, 0.29) is 88.2 Å². The van der Waals surface area contributed by atoms with Crippen molar-refractivity contribution in [3.63, 3.8) is 0 Å². The summed E-state index contributed by atoms with van der Waals surface area (Å²) in [5.41, 5.74) is -4.58. The van der Waals surface area contributed by atoms with Crippen LogP contribution in [0.25, 0.3) is 22.2 Å². The first kappa shape index (κ1) is 50.3. The molecule has 3 fully saturated rings. The summed E-state index contributed by atoms with van der Waals surface area (Å²) in [5, 5.41) is -0.177. The molecule has 20 heteroatoms. The van der Waals surface area contributed by atoms with E-state index in [1.54, 1.807) is 91.0 Å². The maximum absolute atomic E-state index is 17.9. The van der Waals surface area contributed by atoms with E-state index in [0.717, 1.165) is 17.2 Å². The first-order valence-corrected chi connectivity index (χ1v) is 22.8. The van der Waals surface area contributed by atoms with Gasteiger partial charge < -0.3 is 43.1 Å². The number of benzene rings is 3. The van der Waals surface area contributed by atoms with Gasteiger partial charge in [0.2, 0.25) is 0 Å². The standard InChI is InChI=1S/C50H57F6N7O7/c1-29-17-39(61(20-30-9-13-35(66-7)14-10-30)21-31-11-15-36(67-8)16-12-31)57-44(41(29)50(54,55)56)40-38(52)18-37-43(42(40)53)58-46(69-28-49(27-65-6)19-32(51)22-60(49)5)59-45(37)63-33-23-62(24-34(63)26-68-25-33)47(64)70-48(2,3)4/h9-18,32-34H,19-28H2,1-8H3/t32-,33?,34?,49-/m1/s1. The van der Waals surface area contributed by atoms with Gasteiger partial charge in [-0.15, -0.1) is 0 Å². The van der Waals surface area contributed by atoms with Gasteiger partial charge in [-0.1, -0.05) is 24.3 Å². The summed E-state index contributed by atoms with van der Waals surface area (Å²) >= 11 is 0. The van der Waals surface area contributed by atoms with Crippen LogP contribution in [0.4, 0.5) is 42.8 Å². The van der Waals surface area contributed by atoms with E-state index < -0.39 is 81.6 Å². The van der Waals surface area contributed by atoms with Gasteiger partial charge in [0.25, 0.3) is 0 Å². The number of likely N-dealkylation sites (N-methyl/N-ethyl adjacent to an activating group) is 1. The van der Waals surface area contributed by atoms with E-state index in [2.05, 4.69) is 9.97 Å². The van der Waals surface area contributed by atoms with Crippen molar-refractivity contribution in [2.75, 3.05) is 84.2 Å². The minimum atomic E-state index is -5.12. The molecule has 2 aromatic heterocycles. The number of piperazine rings is 1. The number of fused-ring (bicyclic) bond motifs is 3. The van der Waals surface area contributed by atoms with Crippen molar-refractivity contribution in [3.8, 4) is 28.8 Å². The van der Waals surface area contributed by atoms with Crippen molar-refractivity contribution in [1.29, 1.82) is 0 Å². The lowest BCUT2D eigenvalue weighted by atomic mass is 9.97. The highest BCUT2D eigenvalue weighted by Crippen LogP contribution is 2.45. The molecular weight excluding hydrogens is 925 g/mol. The summed E-state index contributed by atoms with van der Waals surface area (Å²) in [6.45, 7) is 6.94. The Morgan fingerprint density at radius 2 is 1.46 bits per heavy atom. The van der Waals surface area contributed by atoms with Crippen LogP contribution in [0.5, 0.6) is 17.5 Å². The molecule has 2 bridgehead atoms. The number of carbonyl (C=O) groups excluding carboxylic acids is 1. The van der Waals surface area contributed by atoms with E-state index in [0.29, 0.717) is 11.5 Å². The topological polar surface area (TPSA) is 124 Å². The number of likely N-dealkylation sites (tertiary alicyclic amines) is 1. The Labute approximate surface area is 402 Å². The lowest BCUT2D eigenvalue weighted by molar-refractivity contribution is -0.137. The molecule has 5 aromatic rings. The number of ether oxygens (including phenoxy) is 6. The third-order valence-corrected chi connectivity index (χ3v) is 12.9. The summed E-state index contributed by atoms with van der Waals surface area (Å²) in [6.07, 6.45) is -6.86. The number of anilines is 2. The molecule has 376 valence electrons. The lowest BCUT2D eigenvalue weighted by Gasteiger charge is -2.50. The molecule has 0 radical (unpaired) electrons. The smallest absolute Gasteiger partial charge is 0.418 e. The van der Waals surface area contributed by atoms with Gasteiger partial charge >= 0.3 is 18.3 Å². The second kappa shape index (κ2) is 19.9. The fourth-order valence-electron chi connectivity index (χ4n) is 9.57. The van der Waals surface area contributed by atoms with Crippen molar-refractivity contribution in [1.82, 2.24) is 24.8 Å². The van der Waals surface area contributed by atoms with Crippen LogP contribution in [0.3, 0.4) is 0 Å². The maximum atomic E-state index is 17.9. The molecule has 0 saturated carbocycles. The summed E-state index contributed by atoms with van der Waals surface area (Å²) < 4.78 is 130. The van der Waals surface area contributed by atoms with Gasteiger partial charge in [0.1, 0.15) is 52.8 Å². The SMILES string of the molecule is COC[C@@]1(COc2nc(N3C4COCC3CN(C(=O)OC(C)(C)C)C4)c3cc(F)c(-c4nc(N(Cc5ccc(OC)cc5)Cc5ccc(OC)cc5)cc(C)c4C(F)(F)F)c(F)c3n2)C[C@@H](F)CN1C. The number of amides is 1. The van der Waals surface area contributed by atoms with Crippen molar-refractivity contribution >= 4 is 28.6 Å². The number of hydrogen-bond donors (Lipinski definition) is 0. The fourth-order valence-corrected chi connectivity index (χ4v) is 9.57. The maximum Gasteiger partial charge on any atom is 0.418 e. The zero-order valence-corrected chi connectivity index (χ0v) is 40.3. The minimum Gasteiger partial charge on any atom is -0.497 e. The van der Waals surface area contributed by atoms with E-state index in [4.69, 9.17) is 33.4 Å². The Kier molecular flexibility index (Phi) is 14.3. The van der Waals surface area contributed by atoms with Gasteiger partial charge in [0.05, 0.1) is 68.5 Å². The molecule has 3 aliphatic rings. The molecule has 70 heavy (non-hydrogen) atoms. The monoisotopic (exact) mass is 981 g/mol. The van der Waals surface area contributed by atoms with Crippen LogP contribution in [0.1, 0.15) is 49.4 Å². The Balaban J connectivity index is 1.29. The molecule has 4 atom stereocenters. The number of nitrogens with zero attached hydrogens (tertiary/aromatic N) is 7. The molecule has 0 N–H and O–H groups in total. The molecule has 5 heterocycles. The van der Waals surface area contributed by atoms with Gasteiger partial charge in [-0.3, -0.25) is 4.90 Å². The van der Waals surface area contributed by atoms with Crippen LogP contribution in [-0.2, 0) is 33.5 Å². The number of halogens is 6. The zero-order chi connectivity index (χ0) is 50.3. The van der Waals surface area contributed by atoms with Crippen LogP contribution >= 0.6 is 0 Å². The Morgan fingerprint density at radius 3 is 1.97 bits per heavy atom. The van der Waals surface area contributed by atoms with Crippen molar-refractivity contribution < 1.29 is 59.6 Å². The van der Waals surface area contributed by atoms with Gasteiger partial charge in [-0.05, 0) is 87.8 Å². The summed E-state index contributed by atoms with van der Waals surface area (Å²) in [7, 11) is 6.23. The third-order valence-electron chi connectivity index (χ3n) is 12.9. The zero-order valence-electron chi connectivity index (χ0n) is 40.3. The molecule has 3 saturated heterocycles. The minimum absolute atomic E-state index is 0.00408. The Morgan fingerprint density at radius 1 is 0.857 bits per heavy atom. The average Bonchev–Trinajstić information content (AvgIpc) is 3.58. The van der Waals surface area contributed by atoms with Gasteiger partial charge in [-0.25, -0.2) is 22.9 Å². The lowest BCUT2D eigenvalue weighted by Crippen LogP contribution is -2.66. The highest BCUT2D eigenvalue weighted by molar-refractivity contribution is 5.94. The number of rotatable bonds is 14. The second-order valence-electron chi connectivity index (χ2n) is 19.1. The molecule has 0 spiro atoms. The van der Waals surface area contributed by atoms with Crippen LogP contribution in [0.15, 0.2) is 60.7 Å². The van der Waals surface area contributed by atoms with Crippen molar-refractivity contribution in [2.24, 2.45) is 0 Å². The normalized spacial score (nSPS) is 20.7. The van der Waals surface area contributed by atoms with E-state index in [9.17, 15) is 9.18 Å². The van der Waals surface area contributed by atoms with Gasteiger partial charge in [0, 0.05) is 51.6 Å². The molecule has 3 aliphatic heterocycles. The number of pyridine rings is 1. The molecule has 0 aliphatic carbocycles. The second-order valence-corrected chi connectivity index (χ2v) is 19.1. The number of aryl methyl sites for hydroxylation is 1. The molecule has 1 amide bonds. The number of hydrogen-bond acceptors (Lipinski definition) is 13. The van der Waals surface area contributed by atoms with E-state index >= 15 is 22.0 Å². The van der Waals surface area contributed by atoms with Crippen molar-refractivity contribution in [2.45, 2.75) is 82.8 Å². The average molecular weight is 982 g/mol. The first-order chi connectivity index (χ1) is 33.2. The highest BCUT2D eigenvalue weighted by atomic mass is 19.4. The van der Waals surface area contributed by atoms with Crippen molar-refractivity contribution in [3.05, 3.63) is 94.6 Å². The number of methoxy groups -OCH3 is 3. The molecule has 8 rings (SSSR count). The van der Waals surface area contributed by atoms with Gasteiger partial charge in [-0.2, -0.15) is 23.1 Å². The predicted molar refractivity (Wildman–Crippen MR) is 249 cm³/mol. The fraction of sp³-hybridized carbons (Fsp3) is 0.480. The van der Waals surface area contributed by atoms with Crippen LogP contribution in [-0.4, -0.2) is 135 Å². The summed E-state index contributed by atoms with van der Waals surface area (Å²) in [4.78, 5) is 33.8. The highest BCUT2D eigenvalue weighted by Gasteiger charge is 2.47. The number of aromatic nitrogens is 3. The van der Waals surface area contributed by atoms with Crippen LogP contribution < -0.4 is 24.0 Å². The third kappa shape index (κ3) is 10.5. The van der Waals surface area contributed by atoms with Crippen LogP contribution in [0.2, 0.25) is 0 Å². The van der Waals surface area contributed by atoms with Crippen LogP contribution in [0, 0.1) is 18.6 Å². The number of alkyl halides is 4. The molecule has 3 aromatic carbocycles. The summed E-state index contributed by atoms with van der Waals surface area (Å²) in [5.74, 6) is -1.62. The quantitative estimate of drug-likeness (QED) is 0.0987. The molecule has 14 nitrogen and oxygen atoms in total.